The largest absolute Gasteiger partial charge is 0.383 e. The smallest absolute Gasteiger partial charge is 0.270 e. The maximum absolute atomic E-state index is 12.8. The SMILES string of the molecule is COCCn1c(C)cc(C(=O)Cn2cnc3ccc([N+](=O)[O-])cc3c2=O)c1C. The van der Waals surface area contributed by atoms with Crippen molar-refractivity contribution < 1.29 is 14.5 Å². The molecule has 28 heavy (non-hydrogen) atoms. The first-order valence-corrected chi connectivity index (χ1v) is 8.66. The topological polar surface area (TPSA) is 109 Å². The van der Waals surface area contributed by atoms with Crippen LogP contribution in [0.15, 0.2) is 35.4 Å². The first kappa shape index (κ1) is 19.4. The molecule has 9 heteroatoms. The van der Waals surface area contributed by atoms with Crippen LogP contribution in [-0.2, 0) is 17.8 Å². The van der Waals surface area contributed by atoms with Gasteiger partial charge in [-0.2, -0.15) is 0 Å². The van der Waals surface area contributed by atoms with Crippen LogP contribution in [0.3, 0.4) is 0 Å². The second-order valence-corrected chi connectivity index (χ2v) is 6.49. The molecule has 146 valence electrons. The lowest BCUT2D eigenvalue weighted by molar-refractivity contribution is -0.384. The number of nitro benzene ring substituents is 1. The molecule has 3 aromatic rings. The van der Waals surface area contributed by atoms with Crippen LogP contribution in [0.2, 0.25) is 0 Å². The van der Waals surface area contributed by atoms with Crippen molar-refractivity contribution in [2.24, 2.45) is 0 Å². The molecule has 0 N–H and O–H groups in total. The van der Waals surface area contributed by atoms with Gasteiger partial charge < -0.3 is 9.30 Å². The Kier molecular flexibility index (Phi) is 5.36. The van der Waals surface area contributed by atoms with Gasteiger partial charge in [0, 0.05) is 42.7 Å². The average molecular weight is 384 g/mol. The molecular formula is C19H20N4O5. The molecule has 0 saturated heterocycles. The molecule has 0 radical (unpaired) electrons. The van der Waals surface area contributed by atoms with Crippen molar-refractivity contribution in [3.63, 3.8) is 0 Å². The summed E-state index contributed by atoms with van der Waals surface area (Å²) in [4.78, 5) is 40.0. The Morgan fingerprint density at radius 1 is 1.29 bits per heavy atom. The highest BCUT2D eigenvalue weighted by molar-refractivity contribution is 5.97. The third-order valence-electron chi connectivity index (χ3n) is 4.73. The fourth-order valence-electron chi connectivity index (χ4n) is 3.22. The molecule has 0 atom stereocenters. The molecule has 1 aromatic carbocycles. The number of aryl methyl sites for hydroxylation is 1. The first-order chi connectivity index (χ1) is 13.3. The number of ether oxygens (including phenoxy) is 1. The summed E-state index contributed by atoms with van der Waals surface area (Å²) in [6.07, 6.45) is 1.29. The zero-order valence-electron chi connectivity index (χ0n) is 15.8. The maximum atomic E-state index is 12.8. The molecular weight excluding hydrogens is 364 g/mol. The maximum Gasteiger partial charge on any atom is 0.270 e. The van der Waals surface area contributed by atoms with E-state index in [0.717, 1.165) is 11.4 Å². The van der Waals surface area contributed by atoms with E-state index in [1.54, 1.807) is 13.2 Å². The molecule has 0 bridgehead atoms. The molecule has 3 rings (SSSR count). The first-order valence-electron chi connectivity index (χ1n) is 8.66. The normalized spacial score (nSPS) is 11.1. The summed E-state index contributed by atoms with van der Waals surface area (Å²) in [5.74, 6) is -0.231. The number of rotatable bonds is 7. The summed E-state index contributed by atoms with van der Waals surface area (Å²) >= 11 is 0. The number of nitro groups is 1. The summed E-state index contributed by atoms with van der Waals surface area (Å²) in [5, 5.41) is 11.1. The highest BCUT2D eigenvalue weighted by Crippen LogP contribution is 2.18. The molecule has 0 aliphatic rings. The standard InChI is InChI=1S/C19H20N4O5/c1-12-8-15(13(2)22(12)6-7-28-3)18(24)10-21-11-20-17-5-4-14(23(26)27)9-16(17)19(21)25/h4-5,8-9,11H,6-7,10H2,1-3H3. The van der Waals surface area contributed by atoms with Crippen LogP contribution in [0.25, 0.3) is 10.9 Å². The number of hydrogen-bond donors (Lipinski definition) is 0. The van der Waals surface area contributed by atoms with Gasteiger partial charge in [0.1, 0.15) is 0 Å². The Hall–Kier alpha value is -3.33. The number of carbonyl (C=O) groups excluding carboxylic acids is 1. The van der Waals surface area contributed by atoms with Crippen molar-refractivity contribution in [3.8, 4) is 0 Å². The number of carbonyl (C=O) groups is 1. The molecule has 0 fully saturated rings. The van der Waals surface area contributed by atoms with Gasteiger partial charge in [-0.05, 0) is 26.0 Å². The van der Waals surface area contributed by atoms with E-state index in [4.69, 9.17) is 4.74 Å². The van der Waals surface area contributed by atoms with E-state index in [0.29, 0.717) is 24.2 Å². The monoisotopic (exact) mass is 384 g/mol. The van der Waals surface area contributed by atoms with Gasteiger partial charge in [0.05, 0.1) is 35.3 Å². The van der Waals surface area contributed by atoms with Gasteiger partial charge in [0.25, 0.3) is 11.2 Å². The van der Waals surface area contributed by atoms with Gasteiger partial charge in [0.2, 0.25) is 0 Å². The number of benzene rings is 1. The van der Waals surface area contributed by atoms with E-state index in [-0.39, 0.29) is 23.4 Å². The molecule has 0 spiro atoms. The van der Waals surface area contributed by atoms with Crippen LogP contribution in [0, 0.1) is 24.0 Å². The van der Waals surface area contributed by atoms with Gasteiger partial charge in [-0.25, -0.2) is 4.98 Å². The molecule has 0 unspecified atom stereocenters. The van der Waals surface area contributed by atoms with Gasteiger partial charge >= 0.3 is 0 Å². The lowest BCUT2D eigenvalue weighted by Gasteiger charge is -2.09. The van der Waals surface area contributed by atoms with Crippen LogP contribution in [0.4, 0.5) is 5.69 Å². The summed E-state index contributed by atoms with van der Waals surface area (Å²) in [7, 11) is 1.61. The molecule has 2 heterocycles. The van der Waals surface area contributed by atoms with Crippen molar-refractivity contribution in [2.45, 2.75) is 26.9 Å². The quantitative estimate of drug-likeness (QED) is 0.351. The Bertz CT molecular complexity index is 1130. The van der Waals surface area contributed by atoms with Crippen LogP contribution in [-0.4, -0.2) is 38.5 Å². The minimum absolute atomic E-state index is 0.107. The molecule has 2 aromatic heterocycles. The van der Waals surface area contributed by atoms with Crippen LogP contribution >= 0.6 is 0 Å². The zero-order chi connectivity index (χ0) is 20.4. The molecule has 9 nitrogen and oxygen atoms in total. The fraction of sp³-hybridized carbons (Fsp3) is 0.316. The van der Waals surface area contributed by atoms with Crippen molar-refractivity contribution in [2.75, 3.05) is 13.7 Å². The van der Waals surface area contributed by atoms with Crippen molar-refractivity contribution >= 4 is 22.4 Å². The van der Waals surface area contributed by atoms with Crippen LogP contribution < -0.4 is 5.56 Å². The number of methoxy groups -OCH3 is 1. The highest BCUT2D eigenvalue weighted by Gasteiger charge is 2.18. The Morgan fingerprint density at radius 3 is 2.71 bits per heavy atom. The van der Waals surface area contributed by atoms with Crippen LogP contribution in [0.1, 0.15) is 21.7 Å². The minimum atomic E-state index is -0.573. The number of aromatic nitrogens is 3. The second kappa shape index (κ2) is 7.73. The van der Waals surface area contributed by atoms with Crippen molar-refractivity contribution in [1.82, 2.24) is 14.1 Å². The number of hydrogen-bond acceptors (Lipinski definition) is 6. The number of nitrogens with zero attached hydrogens (tertiary/aromatic N) is 4. The third kappa shape index (κ3) is 3.56. The lowest BCUT2D eigenvalue weighted by Crippen LogP contribution is -2.25. The van der Waals surface area contributed by atoms with E-state index in [1.807, 2.05) is 18.4 Å². The summed E-state index contributed by atoms with van der Waals surface area (Å²) < 4.78 is 8.26. The summed E-state index contributed by atoms with van der Waals surface area (Å²) in [6, 6.07) is 5.68. The molecule has 0 saturated carbocycles. The van der Waals surface area contributed by atoms with Crippen LogP contribution in [0.5, 0.6) is 0 Å². The number of non-ortho nitro benzene ring substituents is 1. The molecule has 0 amide bonds. The van der Waals surface area contributed by atoms with Crippen molar-refractivity contribution in [1.29, 1.82) is 0 Å². The molecule has 0 aliphatic carbocycles. The van der Waals surface area contributed by atoms with E-state index in [9.17, 15) is 19.7 Å². The van der Waals surface area contributed by atoms with Gasteiger partial charge in [-0.1, -0.05) is 0 Å². The van der Waals surface area contributed by atoms with Crippen molar-refractivity contribution in [3.05, 3.63) is 68.0 Å². The predicted octanol–water partition coefficient (Wildman–Crippen LogP) is 2.25. The van der Waals surface area contributed by atoms with Gasteiger partial charge in [-0.15, -0.1) is 0 Å². The Morgan fingerprint density at radius 2 is 2.04 bits per heavy atom. The number of Topliss-reactive ketones (excluding diaryl/α,β-unsaturated/α-hetero) is 1. The van der Waals surface area contributed by atoms with E-state index >= 15 is 0 Å². The predicted molar refractivity (Wildman–Crippen MR) is 103 cm³/mol. The second-order valence-electron chi connectivity index (χ2n) is 6.49. The third-order valence-corrected chi connectivity index (χ3v) is 4.73. The van der Waals surface area contributed by atoms with E-state index < -0.39 is 10.5 Å². The highest BCUT2D eigenvalue weighted by atomic mass is 16.6. The average Bonchev–Trinajstić information content (AvgIpc) is 2.96. The van der Waals surface area contributed by atoms with Gasteiger partial charge in [-0.3, -0.25) is 24.3 Å². The summed E-state index contributed by atoms with van der Waals surface area (Å²) in [6.45, 7) is 4.71. The van der Waals surface area contributed by atoms with E-state index in [2.05, 4.69) is 4.98 Å². The minimum Gasteiger partial charge on any atom is -0.383 e. The lowest BCUT2D eigenvalue weighted by atomic mass is 10.1. The summed E-state index contributed by atoms with van der Waals surface area (Å²) in [5.41, 5.74) is 1.92. The Labute approximate surface area is 160 Å². The van der Waals surface area contributed by atoms with E-state index in [1.165, 1.54) is 29.1 Å². The van der Waals surface area contributed by atoms with Gasteiger partial charge in [0.15, 0.2) is 5.78 Å². The zero-order valence-corrected chi connectivity index (χ0v) is 15.8. The Balaban J connectivity index is 1.94. The number of fused-ring (bicyclic) bond motifs is 1. The molecule has 0 aliphatic heterocycles. The fourth-order valence-corrected chi connectivity index (χ4v) is 3.22. The number of ketones is 1.